The van der Waals surface area contributed by atoms with Crippen LogP contribution in [-0.2, 0) is 11.2 Å². The molecule has 128 valence electrons. The molecule has 2 aromatic carbocycles. The first-order valence-corrected chi connectivity index (χ1v) is 8.42. The van der Waals surface area contributed by atoms with Crippen LogP contribution in [0.15, 0.2) is 54.2 Å². The number of amides is 1. The van der Waals surface area contributed by atoms with Gasteiger partial charge in [0.05, 0.1) is 0 Å². The Kier molecular flexibility index (Phi) is 6.88. The lowest BCUT2D eigenvalue weighted by Gasteiger charge is -2.09. The quantitative estimate of drug-likeness (QED) is 0.445. The molecule has 0 aromatic heterocycles. The molecule has 2 aromatic rings. The molecular formula is C19H17Cl2N3O. The van der Waals surface area contributed by atoms with Crippen molar-refractivity contribution in [3.05, 3.63) is 75.4 Å². The van der Waals surface area contributed by atoms with Gasteiger partial charge >= 0.3 is 0 Å². The van der Waals surface area contributed by atoms with Gasteiger partial charge in [-0.15, -0.1) is 0 Å². The molecule has 1 amide bonds. The Morgan fingerprint density at radius 2 is 1.88 bits per heavy atom. The van der Waals surface area contributed by atoms with E-state index in [4.69, 9.17) is 23.2 Å². The van der Waals surface area contributed by atoms with E-state index in [1.807, 2.05) is 30.3 Å². The third-order valence-corrected chi connectivity index (χ3v) is 4.40. The van der Waals surface area contributed by atoms with Crippen LogP contribution >= 0.6 is 23.2 Å². The number of hydrogen-bond donors (Lipinski definition) is 2. The molecule has 4 nitrogen and oxygen atoms in total. The van der Waals surface area contributed by atoms with Gasteiger partial charge in [0, 0.05) is 28.5 Å². The Balaban J connectivity index is 1.95. The van der Waals surface area contributed by atoms with Crippen molar-refractivity contribution in [2.24, 2.45) is 0 Å². The molecule has 0 saturated carbocycles. The number of hydrogen-bond acceptors (Lipinski definition) is 3. The van der Waals surface area contributed by atoms with Gasteiger partial charge in [-0.3, -0.25) is 4.79 Å². The Hall–Kier alpha value is -2.48. The van der Waals surface area contributed by atoms with Crippen LogP contribution < -0.4 is 10.6 Å². The molecular weight excluding hydrogens is 357 g/mol. The Morgan fingerprint density at radius 3 is 2.60 bits per heavy atom. The van der Waals surface area contributed by atoms with Crippen molar-refractivity contribution >= 4 is 34.8 Å². The predicted molar refractivity (Wildman–Crippen MR) is 102 cm³/mol. The average molecular weight is 374 g/mol. The van der Waals surface area contributed by atoms with Crippen molar-refractivity contribution in [3.63, 3.8) is 0 Å². The summed E-state index contributed by atoms with van der Waals surface area (Å²) in [5.41, 5.74) is 2.32. The number of benzene rings is 2. The number of anilines is 1. The van der Waals surface area contributed by atoms with Gasteiger partial charge in [0.25, 0.3) is 5.91 Å². The zero-order valence-electron chi connectivity index (χ0n) is 13.6. The summed E-state index contributed by atoms with van der Waals surface area (Å²) in [4.78, 5) is 12.2. The van der Waals surface area contributed by atoms with Gasteiger partial charge in [0.1, 0.15) is 11.6 Å². The third kappa shape index (κ3) is 5.25. The monoisotopic (exact) mass is 373 g/mol. The lowest BCUT2D eigenvalue weighted by molar-refractivity contribution is -0.112. The zero-order valence-corrected chi connectivity index (χ0v) is 15.2. The second-order valence-electron chi connectivity index (χ2n) is 5.33. The van der Waals surface area contributed by atoms with Gasteiger partial charge < -0.3 is 10.6 Å². The van der Waals surface area contributed by atoms with Crippen LogP contribution in [0.1, 0.15) is 11.1 Å². The second-order valence-corrected chi connectivity index (χ2v) is 6.15. The van der Waals surface area contributed by atoms with Gasteiger partial charge in [-0.05, 0) is 42.7 Å². The maximum atomic E-state index is 12.2. The molecule has 0 saturated heterocycles. The maximum Gasteiger partial charge on any atom is 0.267 e. The van der Waals surface area contributed by atoms with E-state index in [-0.39, 0.29) is 5.57 Å². The highest BCUT2D eigenvalue weighted by Gasteiger charge is 2.11. The Bertz CT molecular complexity index is 841. The number of nitrogens with zero attached hydrogens (tertiary/aromatic N) is 1. The summed E-state index contributed by atoms with van der Waals surface area (Å²) in [6.45, 7) is 2.36. The van der Waals surface area contributed by atoms with Gasteiger partial charge in [-0.2, -0.15) is 5.26 Å². The van der Waals surface area contributed by atoms with E-state index < -0.39 is 5.91 Å². The number of nitrogens with one attached hydrogen (secondary N) is 2. The lowest BCUT2D eigenvalue weighted by atomic mass is 10.1. The van der Waals surface area contributed by atoms with E-state index in [9.17, 15) is 10.1 Å². The van der Waals surface area contributed by atoms with Crippen molar-refractivity contribution in [3.8, 4) is 6.07 Å². The van der Waals surface area contributed by atoms with E-state index in [2.05, 4.69) is 10.6 Å². The highest BCUT2D eigenvalue weighted by atomic mass is 35.5. The molecule has 0 spiro atoms. The van der Waals surface area contributed by atoms with E-state index in [1.165, 1.54) is 6.20 Å². The molecule has 0 aliphatic carbocycles. The lowest BCUT2D eigenvalue weighted by Crippen LogP contribution is -2.18. The van der Waals surface area contributed by atoms with Crippen LogP contribution in [0.4, 0.5) is 5.69 Å². The minimum atomic E-state index is -0.488. The van der Waals surface area contributed by atoms with Crippen LogP contribution in [0.3, 0.4) is 0 Å². The van der Waals surface area contributed by atoms with Crippen LogP contribution in [-0.4, -0.2) is 12.5 Å². The number of rotatable bonds is 6. The molecule has 0 aliphatic rings. The molecule has 0 heterocycles. The predicted octanol–water partition coefficient (Wildman–Crippen LogP) is 4.48. The highest BCUT2D eigenvalue weighted by Crippen LogP contribution is 2.23. The van der Waals surface area contributed by atoms with Crippen molar-refractivity contribution in [1.29, 1.82) is 5.26 Å². The zero-order chi connectivity index (χ0) is 18.2. The highest BCUT2D eigenvalue weighted by molar-refractivity contribution is 6.32. The van der Waals surface area contributed by atoms with E-state index in [0.717, 1.165) is 11.1 Å². The first-order chi connectivity index (χ1) is 12.0. The van der Waals surface area contributed by atoms with Crippen LogP contribution in [0.25, 0.3) is 0 Å². The fraction of sp³-hybridized carbons (Fsp3) is 0.158. The van der Waals surface area contributed by atoms with Crippen LogP contribution in [0, 0.1) is 18.3 Å². The summed E-state index contributed by atoms with van der Waals surface area (Å²) >= 11 is 12.1. The summed E-state index contributed by atoms with van der Waals surface area (Å²) in [6, 6.07) is 14.7. The minimum absolute atomic E-state index is 0.0152. The molecule has 0 aliphatic heterocycles. The summed E-state index contributed by atoms with van der Waals surface area (Å²) in [7, 11) is 0. The van der Waals surface area contributed by atoms with Crippen molar-refractivity contribution in [2.75, 3.05) is 11.9 Å². The Labute approximate surface area is 157 Å². The summed E-state index contributed by atoms with van der Waals surface area (Å²) in [5.74, 6) is -0.488. The molecule has 0 fully saturated rings. The van der Waals surface area contributed by atoms with Crippen molar-refractivity contribution in [1.82, 2.24) is 5.32 Å². The maximum absolute atomic E-state index is 12.2. The largest absolute Gasteiger partial charge is 0.389 e. The number of carbonyl (C=O) groups excluding carboxylic acids is 1. The van der Waals surface area contributed by atoms with Crippen LogP contribution in [0.2, 0.25) is 10.0 Å². The molecule has 2 N–H and O–H groups in total. The average Bonchev–Trinajstić information content (AvgIpc) is 2.60. The minimum Gasteiger partial charge on any atom is -0.389 e. The molecule has 0 bridgehead atoms. The molecule has 6 heteroatoms. The summed E-state index contributed by atoms with van der Waals surface area (Å²) in [6.07, 6.45) is 2.09. The number of carbonyl (C=O) groups is 1. The summed E-state index contributed by atoms with van der Waals surface area (Å²) in [5, 5.41) is 16.1. The van der Waals surface area contributed by atoms with Crippen molar-refractivity contribution in [2.45, 2.75) is 13.3 Å². The fourth-order valence-corrected chi connectivity index (χ4v) is 2.57. The van der Waals surface area contributed by atoms with Gasteiger partial charge in [-0.1, -0.05) is 47.5 Å². The van der Waals surface area contributed by atoms with Gasteiger partial charge in [-0.25, -0.2) is 0 Å². The van der Waals surface area contributed by atoms with Gasteiger partial charge in [0.2, 0.25) is 0 Å². The molecule has 2 rings (SSSR count). The first kappa shape index (κ1) is 18.9. The smallest absolute Gasteiger partial charge is 0.267 e. The molecule has 0 unspecified atom stereocenters. The SMILES string of the molecule is Cc1c(Cl)cccc1NC(=O)/C(C#N)=C\NCCc1ccccc1Cl. The first-order valence-electron chi connectivity index (χ1n) is 7.66. The Morgan fingerprint density at radius 1 is 1.16 bits per heavy atom. The second kappa shape index (κ2) is 9.12. The number of halogens is 2. The van der Waals surface area contributed by atoms with Crippen LogP contribution in [0.5, 0.6) is 0 Å². The normalized spacial score (nSPS) is 10.9. The van der Waals surface area contributed by atoms with E-state index in [1.54, 1.807) is 25.1 Å². The van der Waals surface area contributed by atoms with E-state index in [0.29, 0.717) is 28.7 Å². The van der Waals surface area contributed by atoms with Gasteiger partial charge in [0.15, 0.2) is 0 Å². The van der Waals surface area contributed by atoms with Crippen molar-refractivity contribution < 1.29 is 4.79 Å². The topological polar surface area (TPSA) is 64.9 Å². The van der Waals surface area contributed by atoms with E-state index >= 15 is 0 Å². The summed E-state index contributed by atoms with van der Waals surface area (Å²) < 4.78 is 0. The molecule has 25 heavy (non-hydrogen) atoms. The third-order valence-electron chi connectivity index (χ3n) is 3.62. The standard InChI is InChI=1S/C19H17Cl2N3O/c1-13-16(20)7-4-8-18(13)24-19(25)15(11-22)12-23-10-9-14-5-2-3-6-17(14)21/h2-8,12,23H,9-10H2,1H3,(H,24,25)/b15-12-. The fourth-order valence-electron chi connectivity index (χ4n) is 2.16. The molecule has 0 radical (unpaired) electrons. The molecule has 0 atom stereocenters. The number of nitriles is 1.